The highest BCUT2D eigenvalue weighted by atomic mass is 32.1. The van der Waals surface area contributed by atoms with Crippen LogP contribution in [-0.4, -0.2) is 0 Å². The Morgan fingerprint density at radius 1 is 0.365 bits per heavy atom. The Morgan fingerprint density at radius 2 is 1.00 bits per heavy atom. The van der Waals surface area contributed by atoms with E-state index in [-0.39, 0.29) is 5.41 Å². The molecular formula is C61H38OS. The van der Waals surface area contributed by atoms with Crippen molar-refractivity contribution in [3.05, 3.63) is 205 Å². The first-order valence-electron chi connectivity index (χ1n) is 21.9. The van der Waals surface area contributed by atoms with Gasteiger partial charge in [0.05, 0.1) is 0 Å². The van der Waals surface area contributed by atoms with Crippen LogP contribution in [0.15, 0.2) is 199 Å². The Balaban J connectivity index is 0.959. The third-order valence-corrected chi connectivity index (χ3v) is 15.4. The van der Waals surface area contributed by atoms with Crippen molar-refractivity contribution in [2.45, 2.75) is 19.3 Å². The van der Waals surface area contributed by atoms with Crippen molar-refractivity contribution >= 4 is 96.5 Å². The van der Waals surface area contributed by atoms with Gasteiger partial charge in [0.15, 0.2) is 0 Å². The lowest BCUT2D eigenvalue weighted by atomic mass is 9.80. The molecule has 0 fully saturated rings. The fourth-order valence-electron chi connectivity index (χ4n) is 11.3. The van der Waals surface area contributed by atoms with Crippen molar-refractivity contribution in [3.8, 4) is 44.5 Å². The highest BCUT2D eigenvalue weighted by molar-refractivity contribution is 7.25. The maximum absolute atomic E-state index is 6.98. The van der Waals surface area contributed by atoms with Crippen LogP contribution < -0.4 is 0 Å². The highest BCUT2D eigenvalue weighted by Crippen LogP contribution is 2.53. The lowest BCUT2D eigenvalue weighted by Gasteiger charge is -2.23. The third-order valence-electron chi connectivity index (χ3n) is 14.2. The maximum Gasteiger partial charge on any atom is 0.143 e. The van der Waals surface area contributed by atoms with Crippen LogP contribution in [0.5, 0.6) is 0 Å². The summed E-state index contributed by atoms with van der Waals surface area (Å²) < 4.78 is 9.54. The van der Waals surface area contributed by atoms with Crippen molar-refractivity contribution in [1.82, 2.24) is 0 Å². The Morgan fingerprint density at radius 3 is 1.78 bits per heavy atom. The average Bonchev–Trinajstić information content (AvgIpc) is 3.96. The van der Waals surface area contributed by atoms with Crippen molar-refractivity contribution in [2.24, 2.45) is 0 Å². The van der Waals surface area contributed by atoms with E-state index >= 15 is 0 Å². The standard InChI is InChI=1S/C61H38OS/c1-61(2)52-29-27-37(48-30-36-15-4-6-18-40(36)59-51-33-50-42-19-11-12-25-55(42)63-56(50)34-54(51)62-60(48)59)31-49(52)41-28-26-38(32-53(41)61)57-44-20-7-9-22-46(44)58(47-23-10-8-21-45(47)57)43-24-13-16-35-14-3-5-17-39(35)43/h3-34H,1-2H3. The topological polar surface area (TPSA) is 13.1 Å². The van der Waals surface area contributed by atoms with E-state index in [4.69, 9.17) is 4.42 Å². The number of benzene rings is 11. The van der Waals surface area contributed by atoms with Crippen LogP contribution >= 0.6 is 11.3 Å². The zero-order valence-electron chi connectivity index (χ0n) is 34.8. The number of fused-ring (bicyclic) bond motifs is 14. The third kappa shape index (κ3) is 4.87. The minimum absolute atomic E-state index is 0.194. The van der Waals surface area contributed by atoms with Crippen LogP contribution in [0, 0.1) is 0 Å². The SMILES string of the molecule is CC1(C)c2ccc(-c3cc4ccccc4c4c3oc3cc5sc6ccccc6c5cc34)cc2-c2ccc(-c3c4ccccc4c(-c4cccc5ccccc45)c4ccccc34)cc21. The first-order chi connectivity index (χ1) is 31.0. The quantitative estimate of drug-likeness (QED) is 0.162. The molecule has 14 rings (SSSR count). The zero-order chi connectivity index (χ0) is 41.6. The summed E-state index contributed by atoms with van der Waals surface area (Å²) in [5.41, 5.74) is 14.4. The van der Waals surface area contributed by atoms with Crippen LogP contribution in [0.1, 0.15) is 25.0 Å². The molecule has 1 nitrogen and oxygen atoms in total. The van der Waals surface area contributed by atoms with Gasteiger partial charge in [0.1, 0.15) is 11.2 Å². The van der Waals surface area contributed by atoms with E-state index < -0.39 is 0 Å². The van der Waals surface area contributed by atoms with E-state index in [1.165, 1.54) is 124 Å². The molecule has 0 bridgehead atoms. The van der Waals surface area contributed by atoms with Gasteiger partial charge in [0.25, 0.3) is 0 Å². The Kier molecular flexibility index (Phi) is 7.12. The predicted octanol–water partition coefficient (Wildman–Crippen LogP) is 17.9. The molecule has 0 atom stereocenters. The summed E-state index contributed by atoms with van der Waals surface area (Å²) in [4.78, 5) is 0. The molecule has 0 saturated heterocycles. The van der Waals surface area contributed by atoms with Crippen molar-refractivity contribution in [2.75, 3.05) is 0 Å². The Hall–Kier alpha value is -7.52. The van der Waals surface area contributed by atoms with E-state index in [9.17, 15) is 0 Å². The lowest BCUT2D eigenvalue weighted by molar-refractivity contribution is 0.660. The van der Waals surface area contributed by atoms with Gasteiger partial charge in [0, 0.05) is 41.9 Å². The first-order valence-corrected chi connectivity index (χ1v) is 22.7. The Bertz CT molecular complexity index is 4060. The molecule has 0 amide bonds. The second-order valence-corrected chi connectivity index (χ2v) is 19.0. The summed E-state index contributed by atoms with van der Waals surface area (Å²) in [7, 11) is 0. The van der Waals surface area contributed by atoms with Crippen LogP contribution in [0.2, 0.25) is 0 Å². The summed E-state index contributed by atoms with van der Waals surface area (Å²) in [6.45, 7) is 4.79. The molecule has 0 unspecified atom stereocenters. The normalized spacial score (nSPS) is 13.4. The largest absolute Gasteiger partial charge is 0.455 e. The zero-order valence-corrected chi connectivity index (χ0v) is 35.6. The first kappa shape index (κ1) is 35.1. The second kappa shape index (κ2) is 12.8. The van der Waals surface area contributed by atoms with Gasteiger partial charge < -0.3 is 4.42 Å². The molecule has 13 aromatic rings. The molecule has 1 aliphatic rings. The molecule has 0 N–H and O–H groups in total. The van der Waals surface area contributed by atoms with Gasteiger partial charge in [0.2, 0.25) is 0 Å². The van der Waals surface area contributed by atoms with Crippen LogP contribution in [-0.2, 0) is 5.41 Å². The number of furan rings is 1. The van der Waals surface area contributed by atoms with E-state index in [2.05, 4.69) is 208 Å². The van der Waals surface area contributed by atoms with Gasteiger partial charge in [-0.1, -0.05) is 172 Å². The molecule has 11 aromatic carbocycles. The molecule has 63 heavy (non-hydrogen) atoms. The summed E-state index contributed by atoms with van der Waals surface area (Å²) in [6, 6.07) is 72.3. The monoisotopic (exact) mass is 818 g/mol. The van der Waals surface area contributed by atoms with E-state index in [1.54, 1.807) is 0 Å². The van der Waals surface area contributed by atoms with Gasteiger partial charge in [-0.3, -0.25) is 0 Å². The van der Waals surface area contributed by atoms with Crippen molar-refractivity contribution in [3.63, 3.8) is 0 Å². The molecule has 0 radical (unpaired) electrons. The second-order valence-electron chi connectivity index (χ2n) is 17.9. The molecular weight excluding hydrogens is 781 g/mol. The van der Waals surface area contributed by atoms with Gasteiger partial charge in [-0.15, -0.1) is 11.3 Å². The number of hydrogen-bond donors (Lipinski definition) is 0. The number of rotatable bonds is 3. The summed E-state index contributed by atoms with van der Waals surface area (Å²) in [5.74, 6) is 0. The van der Waals surface area contributed by atoms with E-state index in [0.717, 1.165) is 16.7 Å². The molecule has 1 aliphatic carbocycles. The van der Waals surface area contributed by atoms with Gasteiger partial charge >= 0.3 is 0 Å². The molecule has 2 heterocycles. The van der Waals surface area contributed by atoms with Crippen LogP contribution in [0.3, 0.4) is 0 Å². The summed E-state index contributed by atoms with van der Waals surface area (Å²) >= 11 is 1.84. The minimum Gasteiger partial charge on any atom is -0.455 e. The molecule has 0 spiro atoms. The van der Waals surface area contributed by atoms with Crippen molar-refractivity contribution < 1.29 is 4.42 Å². The molecule has 0 saturated carbocycles. The van der Waals surface area contributed by atoms with E-state index in [0.29, 0.717) is 0 Å². The smallest absolute Gasteiger partial charge is 0.143 e. The van der Waals surface area contributed by atoms with Gasteiger partial charge in [-0.25, -0.2) is 0 Å². The molecule has 2 heteroatoms. The highest BCUT2D eigenvalue weighted by Gasteiger charge is 2.36. The van der Waals surface area contributed by atoms with Crippen LogP contribution in [0.4, 0.5) is 0 Å². The minimum atomic E-state index is -0.194. The fraction of sp³-hybridized carbons (Fsp3) is 0.0492. The van der Waals surface area contributed by atoms with Gasteiger partial charge in [-0.2, -0.15) is 0 Å². The number of thiophene rings is 1. The maximum atomic E-state index is 6.98. The fourth-order valence-corrected chi connectivity index (χ4v) is 12.4. The van der Waals surface area contributed by atoms with Gasteiger partial charge in [-0.05, 0) is 130 Å². The summed E-state index contributed by atoms with van der Waals surface area (Å²) in [5, 5.41) is 15.0. The predicted molar refractivity (Wildman–Crippen MR) is 271 cm³/mol. The number of hydrogen-bond acceptors (Lipinski definition) is 2. The van der Waals surface area contributed by atoms with Crippen LogP contribution in [0.25, 0.3) is 130 Å². The lowest BCUT2D eigenvalue weighted by Crippen LogP contribution is -2.15. The Labute approximate surface area is 368 Å². The van der Waals surface area contributed by atoms with Crippen molar-refractivity contribution in [1.29, 1.82) is 0 Å². The molecule has 2 aromatic heterocycles. The molecule has 294 valence electrons. The summed E-state index contributed by atoms with van der Waals surface area (Å²) in [6.07, 6.45) is 0. The van der Waals surface area contributed by atoms with E-state index in [1.807, 2.05) is 11.3 Å². The molecule has 0 aliphatic heterocycles. The average molecular weight is 819 g/mol.